The number of allylic oxidation sites excluding steroid dienone is 2. The molecule has 0 nitrogen and oxygen atoms in total. The Labute approximate surface area is 116 Å². The van der Waals surface area contributed by atoms with E-state index in [2.05, 4.69) is 13.8 Å². The van der Waals surface area contributed by atoms with Crippen molar-refractivity contribution >= 4 is 0 Å². The fourth-order valence-corrected chi connectivity index (χ4v) is 0.642. The molecule has 0 N–H and O–H groups in total. The van der Waals surface area contributed by atoms with Crippen LogP contribution in [0.3, 0.4) is 0 Å². The van der Waals surface area contributed by atoms with Gasteiger partial charge in [-0.05, 0) is 64.2 Å². The summed E-state index contributed by atoms with van der Waals surface area (Å²) in [7, 11) is 0. The first-order chi connectivity index (χ1) is 6.91. The van der Waals surface area contributed by atoms with E-state index in [1.54, 1.807) is 12.2 Å². The van der Waals surface area contributed by atoms with Gasteiger partial charge in [0.05, 0.1) is 0 Å². The van der Waals surface area contributed by atoms with Crippen molar-refractivity contribution < 1.29 is 26.2 Å². The molecule has 0 bridgehead atoms. The number of hydrogen-bond donors (Lipinski definition) is 0. The second-order valence-corrected chi connectivity index (χ2v) is 2.40. The van der Waals surface area contributed by atoms with Crippen LogP contribution in [0.25, 0.3) is 0 Å². The molecule has 0 aromatic rings. The van der Waals surface area contributed by atoms with Crippen molar-refractivity contribution in [1.82, 2.24) is 0 Å². The van der Waals surface area contributed by atoms with Crippen LogP contribution in [0.1, 0.15) is 0 Å². The van der Waals surface area contributed by atoms with Gasteiger partial charge in [-0.3, -0.25) is 0 Å². The van der Waals surface area contributed by atoms with Crippen molar-refractivity contribution in [1.29, 1.82) is 0 Å². The molecule has 0 aromatic carbocycles. The zero-order chi connectivity index (χ0) is 10.5. The molecule has 2 saturated carbocycles. The molecule has 10 radical (unpaired) electrons. The van der Waals surface area contributed by atoms with E-state index in [0.717, 1.165) is 0 Å². The average Bonchev–Trinajstić information content (AvgIpc) is 2.94. The summed E-state index contributed by atoms with van der Waals surface area (Å²) < 4.78 is 0. The maximum Gasteiger partial charge on any atom is 2.00 e. The molecule has 0 amide bonds. The molecule has 0 atom stereocenters. The van der Waals surface area contributed by atoms with Gasteiger partial charge in [0.2, 0.25) is 0 Å². The molecule has 0 aromatic heterocycles. The molecule has 2 aliphatic rings. The molecule has 2 rings (SSSR count). The molecule has 15 heavy (non-hydrogen) atoms. The summed E-state index contributed by atoms with van der Waals surface area (Å²) in [6.45, 7) is 6.72. The SMILES string of the molecule is [CH2-]/C=C\[CH2-].[CH]1[CH][CH][CH][CH]1.[CH]1[CH][CH][CH][CH]1.[Zr+2]. The van der Waals surface area contributed by atoms with Gasteiger partial charge in [0.25, 0.3) is 0 Å². The summed E-state index contributed by atoms with van der Waals surface area (Å²) in [4.78, 5) is 0. The Balaban J connectivity index is 0. The zero-order valence-electron chi connectivity index (χ0n) is 8.84. The Morgan fingerprint density at radius 2 is 0.600 bits per heavy atom. The maximum atomic E-state index is 3.36. The third-order valence-corrected chi connectivity index (χ3v) is 1.28. The van der Waals surface area contributed by atoms with Crippen LogP contribution in [-0.4, -0.2) is 0 Å². The fraction of sp³-hybridized carbons (Fsp3) is 0. The second kappa shape index (κ2) is 16.8. The van der Waals surface area contributed by atoms with Crippen molar-refractivity contribution in [2.24, 2.45) is 0 Å². The van der Waals surface area contributed by atoms with E-state index in [1.165, 1.54) is 0 Å². The third kappa shape index (κ3) is 17.0. The van der Waals surface area contributed by atoms with Gasteiger partial charge in [-0.1, -0.05) is 0 Å². The van der Waals surface area contributed by atoms with Crippen LogP contribution in [0.2, 0.25) is 0 Å². The Kier molecular flexibility index (Phi) is 19.9. The summed E-state index contributed by atoms with van der Waals surface area (Å²) in [5.41, 5.74) is 0. The van der Waals surface area contributed by atoms with Crippen LogP contribution in [0.4, 0.5) is 0 Å². The summed E-state index contributed by atoms with van der Waals surface area (Å²) >= 11 is 0. The van der Waals surface area contributed by atoms with Crippen molar-refractivity contribution in [3.63, 3.8) is 0 Å². The minimum atomic E-state index is 0. The number of hydrogen-bond acceptors (Lipinski definition) is 0. The zero-order valence-corrected chi connectivity index (χ0v) is 11.3. The van der Waals surface area contributed by atoms with E-state index in [1.807, 2.05) is 64.2 Å². The topological polar surface area (TPSA) is 0 Å². The molecule has 0 heterocycles. The summed E-state index contributed by atoms with van der Waals surface area (Å²) in [6, 6.07) is 0. The maximum absolute atomic E-state index is 3.36. The van der Waals surface area contributed by atoms with E-state index in [-0.39, 0.29) is 26.2 Å². The summed E-state index contributed by atoms with van der Waals surface area (Å²) in [5, 5.41) is 0. The summed E-state index contributed by atoms with van der Waals surface area (Å²) in [5.74, 6) is 0. The van der Waals surface area contributed by atoms with Crippen LogP contribution in [-0.2, 0) is 26.2 Å². The van der Waals surface area contributed by atoms with Gasteiger partial charge in [-0.2, -0.15) is 0 Å². The Morgan fingerprint density at radius 3 is 0.667 bits per heavy atom. The first kappa shape index (κ1) is 17.7. The molecule has 2 fully saturated rings. The predicted molar refractivity (Wildman–Crippen MR) is 62.9 cm³/mol. The normalized spacial score (nSPS) is 18.4. The van der Waals surface area contributed by atoms with Gasteiger partial charge in [-0.25, -0.2) is 0 Å². The first-order valence-electron chi connectivity index (χ1n) is 4.48. The van der Waals surface area contributed by atoms with Gasteiger partial charge < -0.3 is 26.0 Å². The molecular weight excluding hydrogens is 259 g/mol. The van der Waals surface area contributed by atoms with Gasteiger partial charge in [0.1, 0.15) is 0 Å². The molecule has 0 saturated heterocycles. The van der Waals surface area contributed by atoms with Crippen molar-refractivity contribution in [2.75, 3.05) is 0 Å². The van der Waals surface area contributed by atoms with Gasteiger partial charge in [0.15, 0.2) is 0 Å². The molecule has 0 unspecified atom stereocenters. The molecular formula is C14H16Zr. The average molecular weight is 276 g/mol. The summed E-state index contributed by atoms with van der Waals surface area (Å²) in [6.07, 6.45) is 23.3. The van der Waals surface area contributed by atoms with Crippen LogP contribution >= 0.6 is 0 Å². The van der Waals surface area contributed by atoms with Gasteiger partial charge in [0, 0.05) is 0 Å². The van der Waals surface area contributed by atoms with Gasteiger partial charge in [-0.15, -0.1) is 0 Å². The van der Waals surface area contributed by atoms with Crippen LogP contribution in [0.5, 0.6) is 0 Å². The van der Waals surface area contributed by atoms with E-state index < -0.39 is 0 Å². The van der Waals surface area contributed by atoms with E-state index in [0.29, 0.717) is 0 Å². The quantitative estimate of drug-likeness (QED) is 0.595. The molecule has 2 aliphatic carbocycles. The molecule has 0 spiro atoms. The van der Waals surface area contributed by atoms with Gasteiger partial charge >= 0.3 is 26.2 Å². The Hall–Kier alpha value is 0.363. The monoisotopic (exact) mass is 274 g/mol. The first-order valence-corrected chi connectivity index (χ1v) is 4.48. The third-order valence-electron chi connectivity index (χ3n) is 1.28. The van der Waals surface area contributed by atoms with Crippen molar-refractivity contribution in [3.05, 3.63) is 90.2 Å². The minimum Gasteiger partial charge on any atom is -0.382 e. The fourth-order valence-electron chi connectivity index (χ4n) is 0.642. The van der Waals surface area contributed by atoms with E-state index in [9.17, 15) is 0 Å². The van der Waals surface area contributed by atoms with E-state index >= 15 is 0 Å². The molecule has 0 aliphatic heterocycles. The smallest absolute Gasteiger partial charge is 0.382 e. The largest absolute Gasteiger partial charge is 2.00 e. The van der Waals surface area contributed by atoms with Crippen molar-refractivity contribution in [2.45, 2.75) is 0 Å². The Bertz CT molecular complexity index is 81.3. The van der Waals surface area contributed by atoms with Crippen LogP contribution in [0.15, 0.2) is 12.2 Å². The van der Waals surface area contributed by atoms with Crippen molar-refractivity contribution in [3.8, 4) is 0 Å². The predicted octanol–water partition coefficient (Wildman–Crippen LogP) is 3.25. The molecule has 76 valence electrons. The minimum absolute atomic E-state index is 0. The molecule has 1 heteroatoms. The van der Waals surface area contributed by atoms with Crippen LogP contribution in [0, 0.1) is 78.1 Å². The van der Waals surface area contributed by atoms with Crippen LogP contribution < -0.4 is 0 Å². The Morgan fingerprint density at radius 1 is 0.467 bits per heavy atom. The standard InChI is InChI=1S/2C5H5.C4H6.Zr/c2*1-2-4-5-3-1;1-3-4-2;/h2*1-5H;3-4H,1-2H2;/q;;-2;+2/b;;4-3-;. The number of rotatable bonds is 0. The van der Waals surface area contributed by atoms with E-state index in [4.69, 9.17) is 0 Å². The second-order valence-electron chi connectivity index (χ2n) is 2.40.